The van der Waals surface area contributed by atoms with Crippen molar-refractivity contribution in [3.8, 4) is 11.3 Å². The lowest BCUT2D eigenvalue weighted by molar-refractivity contribution is 0.589. The van der Waals surface area contributed by atoms with Crippen LogP contribution in [0.25, 0.3) is 22.2 Å². The molecule has 0 saturated carbocycles. The first kappa shape index (κ1) is 15.7. The molecule has 25 heavy (non-hydrogen) atoms. The Bertz CT molecular complexity index is 1160. The van der Waals surface area contributed by atoms with Gasteiger partial charge in [-0.15, -0.1) is 0 Å². The quantitative estimate of drug-likeness (QED) is 0.531. The fraction of sp³-hybridized carbons (Fsp3) is 0.0476. The molecule has 4 heteroatoms. The highest BCUT2D eigenvalue weighted by atomic mass is 32.2. The average molecular weight is 347 g/mol. The first-order chi connectivity index (χ1) is 12.1. The van der Waals surface area contributed by atoms with E-state index in [9.17, 15) is 8.42 Å². The smallest absolute Gasteiger partial charge is 0.233 e. The molecule has 0 aliphatic rings. The molecule has 124 valence electrons. The van der Waals surface area contributed by atoms with E-state index in [1.54, 1.807) is 24.3 Å². The van der Waals surface area contributed by atoms with Gasteiger partial charge in [-0.2, -0.15) is 0 Å². The van der Waals surface area contributed by atoms with Crippen molar-refractivity contribution in [3.63, 3.8) is 0 Å². The highest BCUT2D eigenvalue weighted by molar-refractivity contribution is 7.90. The third-order valence-electron chi connectivity index (χ3n) is 4.37. The van der Waals surface area contributed by atoms with Gasteiger partial charge in [-0.05, 0) is 36.8 Å². The van der Waals surface area contributed by atoms with Crippen molar-refractivity contribution in [2.24, 2.45) is 0 Å². The molecule has 0 N–H and O–H groups in total. The van der Waals surface area contributed by atoms with Crippen LogP contribution in [0.4, 0.5) is 0 Å². The van der Waals surface area contributed by atoms with E-state index in [1.165, 1.54) is 3.97 Å². The maximum absolute atomic E-state index is 13.4. The van der Waals surface area contributed by atoms with Crippen LogP contribution in [0.3, 0.4) is 0 Å². The zero-order chi connectivity index (χ0) is 17.4. The Hall–Kier alpha value is -2.85. The summed E-state index contributed by atoms with van der Waals surface area (Å²) >= 11 is 0. The third kappa shape index (κ3) is 2.55. The van der Waals surface area contributed by atoms with E-state index in [4.69, 9.17) is 0 Å². The second kappa shape index (κ2) is 5.90. The number of aryl methyl sites for hydroxylation is 1. The minimum Gasteiger partial charge on any atom is -0.233 e. The number of benzene rings is 3. The maximum atomic E-state index is 13.4. The highest BCUT2D eigenvalue weighted by Gasteiger charge is 2.24. The lowest BCUT2D eigenvalue weighted by atomic mass is 10.1. The number of fused-ring (bicyclic) bond motifs is 1. The molecule has 0 bridgehead atoms. The van der Waals surface area contributed by atoms with Gasteiger partial charge in [-0.3, -0.25) is 0 Å². The van der Waals surface area contributed by atoms with Crippen molar-refractivity contribution in [2.45, 2.75) is 11.8 Å². The summed E-state index contributed by atoms with van der Waals surface area (Å²) in [5.41, 5.74) is 3.32. The maximum Gasteiger partial charge on any atom is 0.268 e. The molecular formula is C21H17NO2S. The molecule has 4 aromatic rings. The number of para-hydroxylation sites is 1. The van der Waals surface area contributed by atoms with Crippen LogP contribution in [0, 0.1) is 6.92 Å². The van der Waals surface area contributed by atoms with Crippen LogP contribution in [-0.2, 0) is 10.0 Å². The molecule has 0 aliphatic carbocycles. The molecule has 0 atom stereocenters. The zero-order valence-electron chi connectivity index (χ0n) is 13.8. The van der Waals surface area contributed by atoms with Crippen LogP contribution in [0.1, 0.15) is 5.56 Å². The van der Waals surface area contributed by atoms with Gasteiger partial charge in [0.15, 0.2) is 0 Å². The van der Waals surface area contributed by atoms with E-state index >= 15 is 0 Å². The Labute approximate surface area is 147 Å². The van der Waals surface area contributed by atoms with Crippen LogP contribution in [0.2, 0.25) is 0 Å². The van der Waals surface area contributed by atoms with Crippen LogP contribution >= 0.6 is 0 Å². The predicted molar refractivity (Wildman–Crippen MR) is 101 cm³/mol. The molecule has 0 radical (unpaired) electrons. The average Bonchev–Trinajstić information content (AvgIpc) is 3.03. The standard InChI is InChI=1S/C21H17NO2S/c1-16-9-5-7-13-19(16)21-15-17-10-6-8-14-20(17)22(21)25(23,24)18-11-3-2-4-12-18/h2-15H,1H3. The summed E-state index contributed by atoms with van der Waals surface area (Å²) in [7, 11) is -3.70. The Balaban J connectivity index is 2.10. The molecule has 1 aromatic heterocycles. The second-order valence-electron chi connectivity index (χ2n) is 5.99. The van der Waals surface area contributed by atoms with Gasteiger partial charge in [0.1, 0.15) is 0 Å². The normalized spacial score (nSPS) is 11.7. The Morgan fingerprint density at radius 1 is 0.760 bits per heavy atom. The fourth-order valence-electron chi connectivity index (χ4n) is 3.13. The summed E-state index contributed by atoms with van der Waals surface area (Å²) in [6.45, 7) is 1.99. The van der Waals surface area contributed by atoms with Gasteiger partial charge in [0.05, 0.1) is 16.1 Å². The predicted octanol–water partition coefficient (Wildman–Crippen LogP) is 4.85. The molecule has 0 fully saturated rings. The number of rotatable bonds is 3. The highest BCUT2D eigenvalue weighted by Crippen LogP contribution is 2.33. The SMILES string of the molecule is Cc1ccccc1-c1cc2ccccc2n1S(=O)(=O)c1ccccc1. The van der Waals surface area contributed by atoms with Gasteiger partial charge >= 0.3 is 0 Å². The van der Waals surface area contributed by atoms with Crippen molar-refractivity contribution in [3.05, 3.63) is 90.5 Å². The minimum absolute atomic E-state index is 0.284. The number of hydrogen-bond donors (Lipinski definition) is 0. The van der Waals surface area contributed by atoms with E-state index in [0.717, 1.165) is 16.5 Å². The molecule has 4 rings (SSSR count). The molecule has 3 nitrogen and oxygen atoms in total. The summed E-state index contributed by atoms with van der Waals surface area (Å²) in [6.07, 6.45) is 0. The summed E-state index contributed by atoms with van der Waals surface area (Å²) in [5.74, 6) is 0. The molecule has 0 unspecified atom stereocenters. The summed E-state index contributed by atoms with van der Waals surface area (Å²) < 4.78 is 28.2. The summed E-state index contributed by atoms with van der Waals surface area (Å²) in [5, 5.41) is 0.903. The van der Waals surface area contributed by atoms with E-state index in [2.05, 4.69) is 0 Å². The molecular weight excluding hydrogens is 330 g/mol. The molecule has 0 saturated heterocycles. The number of hydrogen-bond acceptors (Lipinski definition) is 2. The van der Waals surface area contributed by atoms with Crippen molar-refractivity contribution in [1.29, 1.82) is 0 Å². The molecule has 0 amide bonds. The summed E-state index contributed by atoms with van der Waals surface area (Å²) in [6, 6.07) is 25.9. The first-order valence-electron chi connectivity index (χ1n) is 8.06. The van der Waals surface area contributed by atoms with Gasteiger partial charge in [0.2, 0.25) is 0 Å². The van der Waals surface area contributed by atoms with Gasteiger partial charge < -0.3 is 0 Å². The zero-order valence-corrected chi connectivity index (χ0v) is 14.6. The van der Waals surface area contributed by atoms with E-state index in [-0.39, 0.29) is 4.90 Å². The molecule has 0 aliphatic heterocycles. The van der Waals surface area contributed by atoms with Crippen molar-refractivity contribution in [2.75, 3.05) is 0 Å². The van der Waals surface area contributed by atoms with Crippen LogP contribution in [-0.4, -0.2) is 12.4 Å². The number of nitrogens with zero attached hydrogens (tertiary/aromatic N) is 1. The van der Waals surface area contributed by atoms with Gasteiger partial charge in [0, 0.05) is 10.9 Å². The van der Waals surface area contributed by atoms with Crippen molar-refractivity contribution >= 4 is 20.9 Å². The van der Waals surface area contributed by atoms with Gasteiger partial charge in [-0.25, -0.2) is 12.4 Å². The van der Waals surface area contributed by atoms with Crippen LogP contribution < -0.4 is 0 Å². The van der Waals surface area contributed by atoms with Crippen LogP contribution in [0.5, 0.6) is 0 Å². The van der Waals surface area contributed by atoms with Crippen LogP contribution in [0.15, 0.2) is 89.8 Å². The van der Waals surface area contributed by atoms with E-state index in [1.807, 2.05) is 67.6 Å². The van der Waals surface area contributed by atoms with Crippen molar-refractivity contribution in [1.82, 2.24) is 3.97 Å². The van der Waals surface area contributed by atoms with Gasteiger partial charge in [0.25, 0.3) is 10.0 Å². The monoisotopic (exact) mass is 347 g/mol. The number of aromatic nitrogens is 1. The van der Waals surface area contributed by atoms with E-state index < -0.39 is 10.0 Å². The minimum atomic E-state index is -3.70. The molecule has 0 spiro atoms. The fourth-order valence-corrected chi connectivity index (χ4v) is 4.68. The largest absolute Gasteiger partial charge is 0.268 e. The van der Waals surface area contributed by atoms with Crippen molar-refractivity contribution < 1.29 is 8.42 Å². The first-order valence-corrected chi connectivity index (χ1v) is 9.50. The Kier molecular flexibility index (Phi) is 3.70. The topological polar surface area (TPSA) is 39.1 Å². The lowest BCUT2D eigenvalue weighted by Crippen LogP contribution is -2.14. The third-order valence-corrected chi connectivity index (χ3v) is 6.11. The lowest BCUT2D eigenvalue weighted by Gasteiger charge is -2.13. The second-order valence-corrected chi connectivity index (χ2v) is 7.77. The summed E-state index contributed by atoms with van der Waals surface area (Å²) in [4.78, 5) is 0.284. The Morgan fingerprint density at radius 2 is 1.40 bits per heavy atom. The Morgan fingerprint density at radius 3 is 2.16 bits per heavy atom. The van der Waals surface area contributed by atoms with E-state index in [0.29, 0.717) is 11.2 Å². The molecule has 1 heterocycles. The van der Waals surface area contributed by atoms with Gasteiger partial charge in [-0.1, -0.05) is 60.7 Å². The molecule has 3 aromatic carbocycles.